The zero-order valence-corrected chi connectivity index (χ0v) is 13.6. The number of nitrogens with one attached hydrogen (secondary N) is 1. The maximum atomic E-state index is 12.2. The molecule has 1 aromatic carbocycles. The fraction of sp³-hybridized carbons (Fsp3) is 0.611. The fourth-order valence-electron chi connectivity index (χ4n) is 3.21. The Bertz CT molecular complexity index is 488. The van der Waals surface area contributed by atoms with Gasteiger partial charge in [-0.15, -0.1) is 0 Å². The summed E-state index contributed by atoms with van der Waals surface area (Å²) in [6, 6.07) is 10.5. The molecule has 5 heteroatoms. The number of amides is 1. The second-order valence-corrected chi connectivity index (χ2v) is 6.35. The molecule has 2 saturated heterocycles. The van der Waals surface area contributed by atoms with Crippen molar-refractivity contribution in [1.82, 2.24) is 10.2 Å². The molecule has 0 saturated carbocycles. The first-order valence-electron chi connectivity index (χ1n) is 8.54. The third-order valence-electron chi connectivity index (χ3n) is 4.57. The van der Waals surface area contributed by atoms with Crippen LogP contribution in [0, 0.1) is 5.92 Å². The molecule has 2 aliphatic rings. The van der Waals surface area contributed by atoms with Crippen molar-refractivity contribution in [2.75, 3.05) is 39.5 Å². The van der Waals surface area contributed by atoms with E-state index < -0.39 is 0 Å². The molecule has 0 spiro atoms. The van der Waals surface area contributed by atoms with Crippen LogP contribution in [0.15, 0.2) is 30.3 Å². The van der Waals surface area contributed by atoms with Gasteiger partial charge in [0.2, 0.25) is 5.91 Å². The van der Waals surface area contributed by atoms with Crippen LogP contribution in [0.3, 0.4) is 0 Å². The van der Waals surface area contributed by atoms with E-state index in [0.717, 1.165) is 39.1 Å². The molecule has 1 unspecified atom stereocenters. The molecule has 0 radical (unpaired) electrons. The topological polar surface area (TPSA) is 50.8 Å². The fourth-order valence-corrected chi connectivity index (χ4v) is 3.21. The second-order valence-electron chi connectivity index (χ2n) is 6.35. The van der Waals surface area contributed by atoms with Crippen LogP contribution in [0.2, 0.25) is 0 Å². The number of carbonyl (C=O) groups is 1. The van der Waals surface area contributed by atoms with Crippen LogP contribution in [-0.4, -0.2) is 56.4 Å². The molecule has 2 fully saturated rings. The number of hydrogen-bond acceptors (Lipinski definition) is 4. The lowest BCUT2D eigenvalue weighted by atomic mass is 9.99. The Balaban J connectivity index is 1.42. The number of morpholine rings is 1. The van der Waals surface area contributed by atoms with E-state index in [1.807, 2.05) is 6.07 Å². The number of rotatable bonds is 5. The van der Waals surface area contributed by atoms with Crippen molar-refractivity contribution in [3.63, 3.8) is 0 Å². The highest BCUT2D eigenvalue weighted by Gasteiger charge is 2.24. The number of nitrogens with zero attached hydrogens (tertiary/aromatic N) is 1. The summed E-state index contributed by atoms with van der Waals surface area (Å²) in [5.41, 5.74) is 1.32. The summed E-state index contributed by atoms with van der Waals surface area (Å²) in [6.07, 6.45) is 1.74. The number of carbonyl (C=O) groups excluding carboxylic acids is 1. The summed E-state index contributed by atoms with van der Waals surface area (Å²) in [6.45, 7) is 5.47. The third kappa shape index (κ3) is 5.03. The van der Waals surface area contributed by atoms with Gasteiger partial charge in [0, 0.05) is 45.3 Å². The van der Waals surface area contributed by atoms with Crippen LogP contribution in [0.25, 0.3) is 0 Å². The molecule has 0 aliphatic carbocycles. The average Bonchev–Trinajstić information content (AvgIpc) is 2.62. The van der Waals surface area contributed by atoms with E-state index in [1.165, 1.54) is 5.56 Å². The molecule has 2 heterocycles. The average molecular weight is 318 g/mol. The predicted octanol–water partition coefficient (Wildman–Crippen LogP) is 1.43. The minimum absolute atomic E-state index is 0.0799. The summed E-state index contributed by atoms with van der Waals surface area (Å²) in [5.74, 6) is 0.254. The molecule has 23 heavy (non-hydrogen) atoms. The van der Waals surface area contributed by atoms with E-state index in [1.54, 1.807) is 0 Å². The molecule has 1 atom stereocenters. The van der Waals surface area contributed by atoms with Gasteiger partial charge in [-0.1, -0.05) is 30.3 Å². The summed E-state index contributed by atoms with van der Waals surface area (Å²) < 4.78 is 11.1. The number of benzene rings is 1. The molecule has 1 aromatic rings. The monoisotopic (exact) mass is 318 g/mol. The smallest absolute Gasteiger partial charge is 0.223 e. The number of ether oxygens (including phenoxy) is 2. The van der Waals surface area contributed by atoms with Gasteiger partial charge in [0.1, 0.15) is 0 Å². The normalized spacial score (nSPS) is 23.6. The summed E-state index contributed by atoms with van der Waals surface area (Å²) in [5, 5.41) is 3.06. The summed E-state index contributed by atoms with van der Waals surface area (Å²) in [4.78, 5) is 14.6. The minimum atomic E-state index is 0.0799. The van der Waals surface area contributed by atoms with Gasteiger partial charge in [0.25, 0.3) is 0 Å². The van der Waals surface area contributed by atoms with Gasteiger partial charge in [-0.3, -0.25) is 9.69 Å². The number of hydrogen-bond donors (Lipinski definition) is 1. The van der Waals surface area contributed by atoms with Gasteiger partial charge in [-0.05, 0) is 18.4 Å². The molecule has 1 amide bonds. The first kappa shape index (κ1) is 16.4. The van der Waals surface area contributed by atoms with Crippen molar-refractivity contribution in [3.05, 3.63) is 35.9 Å². The Labute approximate surface area is 137 Å². The third-order valence-corrected chi connectivity index (χ3v) is 4.57. The summed E-state index contributed by atoms with van der Waals surface area (Å²) >= 11 is 0. The highest BCUT2D eigenvalue weighted by molar-refractivity contribution is 5.78. The Morgan fingerprint density at radius 2 is 1.96 bits per heavy atom. The van der Waals surface area contributed by atoms with Crippen LogP contribution < -0.4 is 5.32 Å². The standard InChI is InChI=1S/C18H26N2O3/c21-18(16-6-9-22-10-7-16)19-12-17-14-20(8-11-23-17)13-15-4-2-1-3-5-15/h1-5,16-17H,6-14H2,(H,19,21). The Hall–Kier alpha value is -1.43. The van der Waals surface area contributed by atoms with E-state index in [-0.39, 0.29) is 17.9 Å². The first-order chi connectivity index (χ1) is 11.3. The maximum absolute atomic E-state index is 12.2. The van der Waals surface area contributed by atoms with Crippen molar-refractivity contribution in [2.24, 2.45) is 5.92 Å². The van der Waals surface area contributed by atoms with Gasteiger partial charge < -0.3 is 14.8 Å². The van der Waals surface area contributed by atoms with E-state index in [0.29, 0.717) is 19.8 Å². The summed E-state index contributed by atoms with van der Waals surface area (Å²) in [7, 11) is 0. The van der Waals surface area contributed by atoms with Gasteiger partial charge in [0.15, 0.2) is 0 Å². The van der Waals surface area contributed by atoms with Crippen LogP contribution >= 0.6 is 0 Å². The lowest BCUT2D eigenvalue weighted by molar-refractivity contribution is -0.129. The second kappa shape index (κ2) is 8.43. The van der Waals surface area contributed by atoms with Crippen molar-refractivity contribution in [1.29, 1.82) is 0 Å². The van der Waals surface area contributed by atoms with Crippen LogP contribution in [0.5, 0.6) is 0 Å². The minimum Gasteiger partial charge on any atom is -0.381 e. The van der Waals surface area contributed by atoms with Crippen molar-refractivity contribution < 1.29 is 14.3 Å². The zero-order chi connectivity index (χ0) is 15.9. The zero-order valence-electron chi connectivity index (χ0n) is 13.6. The van der Waals surface area contributed by atoms with Crippen LogP contribution in [-0.2, 0) is 20.8 Å². The highest BCUT2D eigenvalue weighted by Crippen LogP contribution is 2.15. The molecule has 0 aromatic heterocycles. The SMILES string of the molecule is O=C(NCC1CN(Cc2ccccc2)CCO1)C1CCOCC1. The van der Waals surface area contributed by atoms with Gasteiger partial charge in [-0.2, -0.15) is 0 Å². The first-order valence-corrected chi connectivity index (χ1v) is 8.54. The maximum Gasteiger partial charge on any atom is 0.223 e. The molecular weight excluding hydrogens is 292 g/mol. The Kier molecular flexibility index (Phi) is 6.02. The highest BCUT2D eigenvalue weighted by atomic mass is 16.5. The molecule has 3 rings (SSSR count). The van der Waals surface area contributed by atoms with Crippen molar-refractivity contribution in [2.45, 2.75) is 25.5 Å². The van der Waals surface area contributed by atoms with Gasteiger partial charge in [0.05, 0.1) is 12.7 Å². The molecule has 2 aliphatic heterocycles. The quantitative estimate of drug-likeness (QED) is 0.892. The predicted molar refractivity (Wildman–Crippen MR) is 88.0 cm³/mol. The Morgan fingerprint density at radius 3 is 2.74 bits per heavy atom. The lowest BCUT2D eigenvalue weighted by Crippen LogP contribution is -2.48. The Morgan fingerprint density at radius 1 is 1.17 bits per heavy atom. The molecule has 0 bridgehead atoms. The van der Waals surface area contributed by atoms with Crippen LogP contribution in [0.4, 0.5) is 0 Å². The van der Waals surface area contributed by atoms with Crippen molar-refractivity contribution in [3.8, 4) is 0 Å². The van der Waals surface area contributed by atoms with Crippen LogP contribution in [0.1, 0.15) is 18.4 Å². The van der Waals surface area contributed by atoms with E-state index >= 15 is 0 Å². The molecule has 126 valence electrons. The van der Waals surface area contributed by atoms with Crippen molar-refractivity contribution >= 4 is 5.91 Å². The van der Waals surface area contributed by atoms with Gasteiger partial charge >= 0.3 is 0 Å². The molecule has 1 N–H and O–H groups in total. The van der Waals surface area contributed by atoms with E-state index in [9.17, 15) is 4.79 Å². The lowest BCUT2D eigenvalue weighted by Gasteiger charge is -2.33. The molecule has 5 nitrogen and oxygen atoms in total. The van der Waals surface area contributed by atoms with Gasteiger partial charge in [-0.25, -0.2) is 0 Å². The largest absolute Gasteiger partial charge is 0.381 e. The van der Waals surface area contributed by atoms with E-state index in [2.05, 4.69) is 34.5 Å². The van der Waals surface area contributed by atoms with E-state index in [4.69, 9.17) is 9.47 Å². The molecular formula is C18H26N2O3.